The Bertz CT molecular complexity index is 1310. The zero-order valence-corrected chi connectivity index (χ0v) is 20.4. The van der Waals surface area contributed by atoms with Crippen molar-refractivity contribution >= 4 is 17.6 Å². The largest absolute Gasteiger partial charge is 0.266 e. The number of aromatic nitrogens is 2. The molecule has 2 heterocycles. The van der Waals surface area contributed by atoms with Gasteiger partial charge in [-0.2, -0.15) is 5.10 Å². The van der Waals surface area contributed by atoms with E-state index in [0.29, 0.717) is 6.54 Å². The second-order valence-corrected chi connectivity index (χ2v) is 9.49. The van der Waals surface area contributed by atoms with E-state index in [-0.39, 0.29) is 0 Å². The molecule has 0 amide bonds. The quantitative estimate of drug-likeness (QED) is 0.362. The van der Waals surface area contributed by atoms with Crippen LogP contribution in [0.4, 0.5) is 0 Å². The van der Waals surface area contributed by atoms with Crippen LogP contribution in [0.3, 0.4) is 0 Å². The maximum absolute atomic E-state index is 4.85. The molecule has 5 rings (SSSR count). The summed E-state index contributed by atoms with van der Waals surface area (Å²) in [7, 11) is 0. The number of nitrogens with one attached hydrogen (secondary N) is 2. The number of hydrazine groups is 2. The minimum absolute atomic E-state index is 0.685. The van der Waals surface area contributed by atoms with Gasteiger partial charge >= 0.3 is 0 Å². The first kappa shape index (κ1) is 22.3. The van der Waals surface area contributed by atoms with Gasteiger partial charge in [-0.05, 0) is 43.0 Å². The maximum atomic E-state index is 4.85. The first-order chi connectivity index (χ1) is 16.6. The number of nitrogens with zero attached hydrogens (tertiary/aromatic N) is 4. The number of para-hydroxylation sites is 1. The van der Waals surface area contributed by atoms with Gasteiger partial charge in [-0.1, -0.05) is 78.4 Å². The molecule has 7 heteroatoms. The Balaban J connectivity index is 1.53. The van der Waals surface area contributed by atoms with Gasteiger partial charge in [0.1, 0.15) is 5.03 Å². The first-order valence-electron chi connectivity index (χ1n) is 11.3. The van der Waals surface area contributed by atoms with E-state index >= 15 is 0 Å². The van der Waals surface area contributed by atoms with Crippen molar-refractivity contribution in [1.82, 2.24) is 25.9 Å². The van der Waals surface area contributed by atoms with E-state index in [1.807, 2.05) is 17.3 Å². The molecule has 0 spiro atoms. The Kier molecular flexibility index (Phi) is 6.38. The van der Waals surface area contributed by atoms with Crippen molar-refractivity contribution in [1.29, 1.82) is 0 Å². The molecule has 0 atom stereocenters. The minimum Gasteiger partial charge on any atom is -0.266 e. The third kappa shape index (κ3) is 4.58. The lowest BCUT2D eigenvalue weighted by Gasteiger charge is -2.20. The van der Waals surface area contributed by atoms with Gasteiger partial charge < -0.3 is 0 Å². The summed E-state index contributed by atoms with van der Waals surface area (Å²) in [5, 5.41) is 12.5. The third-order valence-electron chi connectivity index (χ3n) is 5.86. The van der Waals surface area contributed by atoms with Crippen molar-refractivity contribution in [3.63, 3.8) is 0 Å². The summed E-state index contributed by atoms with van der Waals surface area (Å²) in [5.74, 6) is 1.67. The van der Waals surface area contributed by atoms with Gasteiger partial charge in [0.05, 0.1) is 24.0 Å². The number of amidine groups is 1. The highest BCUT2D eigenvalue weighted by atomic mass is 32.2. The number of thioether (sulfide) groups is 1. The Labute approximate surface area is 204 Å². The van der Waals surface area contributed by atoms with Crippen LogP contribution >= 0.6 is 11.8 Å². The van der Waals surface area contributed by atoms with E-state index in [2.05, 4.69) is 108 Å². The highest BCUT2D eigenvalue weighted by Gasteiger charge is 2.26. The Morgan fingerprint density at radius 2 is 1.59 bits per heavy atom. The van der Waals surface area contributed by atoms with Crippen LogP contribution in [0.2, 0.25) is 0 Å². The smallest absolute Gasteiger partial charge is 0.177 e. The summed E-state index contributed by atoms with van der Waals surface area (Å²) < 4.78 is 2.07. The molecule has 2 N–H and O–H groups in total. The predicted octanol–water partition coefficient (Wildman–Crippen LogP) is 5.28. The molecule has 0 aliphatic carbocycles. The van der Waals surface area contributed by atoms with Crippen molar-refractivity contribution in [2.24, 2.45) is 5.10 Å². The first-order valence-corrected chi connectivity index (χ1v) is 12.3. The van der Waals surface area contributed by atoms with Crippen LogP contribution in [0.5, 0.6) is 0 Å². The van der Waals surface area contributed by atoms with E-state index in [1.54, 1.807) is 11.8 Å². The van der Waals surface area contributed by atoms with Crippen LogP contribution in [0.25, 0.3) is 5.69 Å². The van der Waals surface area contributed by atoms with E-state index < -0.39 is 0 Å². The number of aryl methyl sites for hydroxylation is 3. The Hall–Kier alpha value is -3.55. The molecule has 0 radical (unpaired) electrons. The fraction of sp³-hybridized carbons (Fsp3) is 0.185. The number of hydrogen-bond acceptors (Lipinski definition) is 6. The van der Waals surface area contributed by atoms with Crippen LogP contribution in [-0.4, -0.2) is 20.6 Å². The zero-order valence-electron chi connectivity index (χ0n) is 19.6. The van der Waals surface area contributed by atoms with Gasteiger partial charge in [-0.25, -0.2) is 10.2 Å². The monoisotopic (exact) mass is 468 g/mol. The lowest BCUT2D eigenvalue weighted by molar-refractivity contribution is 0.288. The molecule has 4 aromatic rings. The SMILES string of the molecule is Cc1cccc(CN2NNN=C2c2cnn(-c3c(C)cccc3C)c2SCc2ccccc2)c1. The molecular formula is C27H28N6S. The topological polar surface area (TPSA) is 57.5 Å². The van der Waals surface area contributed by atoms with Crippen molar-refractivity contribution in [2.45, 2.75) is 38.1 Å². The molecule has 1 aliphatic heterocycles. The lowest BCUT2D eigenvalue weighted by Crippen LogP contribution is -2.40. The molecule has 0 fully saturated rings. The average molecular weight is 469 g/mol. The van der Waals surface area contributed by atoms with Gasteiger partial charge in [0.2, 0.25) is 0 Å². The van der Waals surface area contributed by atoms with Crippen molar-refractivity contribution in [3.05, 3.63) is 112 Å². The molecule has 0 unspecified atom stereocenters. The number of hydrogen-bond donors (Lipinski definition) is 2. The zero-order chi connectivity index (χ0) is 23.5. The average Bonchev–Trinajstić information content (AvgIpc) is 3.45. The summed E-state index contributed by atoms with van der Waals surface area (Å²) in [4.78, 5) is 0. The van der Waals surface area contributed by atoms with Crippen molar-refractivity contribution in [3.8, 4) is 5.69 Å². The van der Waals surface area contributed by atoms with Gasteiger partial charge in [0.25, 0.3) is 0 Å². The van der Waals surface area contributed by atoms with Crippen LogP contribution in [0, 0.1) is 20.8 Å². The molecule has 3 aromatic carbocycles. The predicted molar refractivity (Wildman–Crippen MR) is 139 cm³/mol. The maximum Gasteiger partial charge on any atom is 0.177 e. The highest BCUT2D eigenvalue weighted by molar-refractivity contribution is 7.98. The van der Waals surface area contributed by atoms with Crippen molar-refractivity contribution < 1.29 is 0 Å². The number of rotatable bonds is 7. The second kappa shape index (κ2) is 9.75. The summed E-state index contributed by atoms with van der Waals surface area (Å²) in [6.07, 6.45) is 1.93. The summed E-state index contributed by atoms with van der Waals surface area (Å²) in [6, 6.07) is 25.4. The molecule has 1 aromatic heterocycles. The Morgan fingerprint density at radius 3 is 2.35 bits per heavy atom. The number of benzene rings is 3. The second-order valence-electron chi connectivity index (χ2n) is 8.52. The van der Waals surface area contributed by atoms with Crippen molar-refractivity contribution in [2.75, 3.05) is 0 Å². The lowest BCUT2D eigenvalue weighted by atomic mass is 10.1. The molecule has 1 aliphatic rings. The standard InChI is InChI=1S/C27H28N6S/c1-19-9-7-14-23(15-19)17-32-26(29-30-31-32)24-16-28-33(25-20(2)10-8-11-21(25)3)27(24)34-18-22-12-5-4-6-13-22/h4-16,30-31H,17-18H2,1-3H3. The van der Waals surface area contributed by atoms with Crippen LogP contribution < -0.4 is 11.1 Å². The summed E-state index contributed by atoms with van der Waals surface area (Å²) >= 11 is 1.78. The number of hydrazone groups is 1. The third-order valence-corrected chi connectivity index (χ3v) is 7.01. The normalized spacial score (nSPS) is 13.1. The molecule has 172 valence electrons. The van der Waals surface area contributed by atoms with E-state index in [1.165, 1.54) is 27.8 Å². The molecule has 34 heavy (non-hydrogen) atoms. The molecule has 0 saturated carbocycles. The van der Waals surface area contributed by atoms with E-state index in [0.717, 1.165) is 27.9 Å². The molecule has 6 nitrogen and oxygen atoms in total. The highest BCUT2D eigenvalue weighted by Crippen LogP contribution is 2.32. The van der Waals surface area contributed by atoms with Gasteiger partial charge in [0.15, 0.2) is 5.84 Å². The van der Waals surface area contributed by atoms with E-state index in [9.17, 15) is 0 Å². The molecular weight excluding hydrogens is 440 g/mol. The van der Waals surface area contributed by atoms with Crippen LogP contribution in [0.15, 0.2) is 89.1 Å². The fourth-order valence-electron chi connectivity index (χ4n) is 4.22. The molecule has 0 saturated heterocycles. The van der Waals surface area contributed by atoms with Gasteiger partial charge in [0, 0.05) is 5.75 Å². The summed E-state index contributed by atoms with van der Waals surface area (Å²) in [6.45, 7) is 7.07. The van der Waals surface area contributed by atoms with Gasteiger partial charge in [-0.15, -0.1) is 22.4 Å². The van der Waals surface area contributed by atoms with Crippen LogP contribution in [-0.2, 0) is 12.3 Å². The fourth-order valence-corrected chi connectivity index (χ4v) is 5.28. The minimum atomic E-state index is 0.685. The Morgan fingerprint density at radius 1 is 0.853 bits per heavy atom. The van der Waals surface area contributed by atoms with E-state index in [4.69, 9.17) is 5.10 Å². The van der Waals surface area contributed by atoms with Gasteiger partial charge in [-0.3, -0.25) is 5.01 Å². The summed E-state index contributed by atoms with van der Waals surface area (Å²) in [5.41, 5.74) is 14.3. The molecule has 0 bridgehead atoms. The van der Waals surface area contributed by atoms with Crippen LogP contribution in [0.1, 0.15) is 33.4 Å².